The molecule has 0 bridgehead atoms. The van der Waals surface area contributed by atoms with Crippen molar-refractivity contribution >= 4 is 5.82 Å². The molecule has 1 aliphatic rings. The summed E-state index contributed by atoms with van der Waals surface area (Å²) in [6.45, 7) is 4.53. The number of hydrogen-bond donors (Lipinski definition) is 1. The van der Waals surface area contributed by atoms with Crippen LogP contribution >= 0.6 is 0 Å². The van der Waals surface area contributed by atoms with E-state index in [1.54, 1.807) is 0 Å². The summed E-state index contributed by atoms with van der Waals surface area (Å²) < 4.78 is 5.62. The molecule has 1 atom stereocenters. The van der Waals surface area contributed by atoms with Gasteiger partial charge in [0.2, 0.25) is 0 Å². The third kappa shape index (κ3) is 3.96. The Morgan fingerprint density at radius 3 is 2.83 bits per heavy atom. The van der Waals surface area contributed by atoms with Crippen LogP contribution in [0.4, 0.5) is 5.82 Å². The molecule has 0 saturated heterocycles. The predicted molar refractivity (Wildman–Crippen MR) is 73.7 cm³/mol. The van der Waals surface area contributed by atoms with Gasteiger partial charge < -0.3 is 15.4 Å². The molecule has 0 spiro atoms. The molecular formula is C14H23N3O. The topological polar surface area (TPSA) is 51.4 Å². The van der Waals surface area contributed by atoms with Crippen molar-refractivity contribution in [2.24, 2.45) is 11.7 Å². The number of aromatic nitrogens is 1. The summed E-state index contributed by atoms with van der Waals surface area (Å²) in [5, 5.41) is 0. The number of nitrogens with zero attached hydrogens (tertiary/aromatic N) is 2. The van der Waals surface area contributed by atoms with Crippen LogP contribution in [0.5, 0.6) is 0 Å². The molecule has 1 aromatic heterocycles. The highest BCUT2D eigenvalue weighted by molar-refractivity contribution is 5.38. The maximum absolute atomic E-state index is 5.80. The average Bonchev–Trinajstić information content (AvgIpc) is 3.18. The van der Waals surface area contributed by atoms with Gasteiger partial charge in [0.25, 0.3) is 0 Å². The summed E-state index contributed by atoms with van der Waals surface area (Å²) in [5.41, 5.74) is 6.87. The molecule has 1 saturated carbocycles. The van der Waals surface area contributed by atoms with E-state index in [4.69, 9.17) is 10.5 Å². The number of hydrogen-bond acceptors (Lipinski definition) is 4. The molecule has 100 valence electrons. The number of likely N-dealkylation sites (N-methyl/N-ethyl adjacent to an activating group) is 1. The molecule has 0 aromatic carbocycles. The first-order chi connectivity index (χ1) is 8.66. The highest BCUT2D eigenvalue weighted by Gasteiger charge is 2.20. The predicted octanol–water partition coefficient (Wildman–Crippen LogP) is 1.96. The van der Waals surface area contributed by atoms with E-state index in [9.17, 15) is 0 Å². The maximum Gasteiger partial charge on any atom is 0.128 e. The number of anilines is 1. The van der Waals surface area contributed by atoms with Gasteiger partial charge in [0.15, 0.2) is 0 Å². The Labute approximate surface area is 109 Å². The minimum atomic E-state index is 0.0405. The van der Waals surface area contributed by atoms with E-state index in [1.807, 2.05) is 32.3 Å². The van der Waals surface area contributed by atoms with Gasteiger partial charge in [-0.1, -0.05) is 6.07 Å². The second-order valence-corrected chi connectivity index (χ2v) is 5.18. The summed E-state index contributed by atoms with van der Waals surface area (Å²) in [6, 6.07) is 4.09. The molecule has 0 amide bonds. The van der Waals surface area contributed by atoms with Crippen molar-refractivity contribution in [3.8, 4) is 0 Å². The van der Waals surface area contributed by atoms with Gasteiger partial charge in [-0.25, -0.2) is 4.98 Å². The van der Waals surface area contributed by atoms with E-state index in [-0.39, 0.29) is 6.04 Å². The molecule has 0 radical (unpaired) electrons. The van der Waals surface area contributed by atoms with Crippen molar-refractivity contribution in [1.82, 2.24) is 4.98 Å². The second-order valence-electron chi connectivity index (χ2n) is 5.18. The smallest absolute Gasteiger partial charge is 0.128 e. The Morgan fingerprint density at radius 1 is 1.50 bits per heavy atom. The van der Waals surface area contributed by atoms with E-state index >= 15 is 0 Å². The molecule has 1 heterocycles. The van der Waals surface area contributed by atoms with Crippen LogP contribution in [0.1, 0.15) is 31.4 Å². The Balaban J connectivity index is 1.74. The highest BCUT2D eigenvalue weighted by atomic mass is 16.5. The standard InChI is InChI=1S/C14H23N3O/c1-11(15)13-5-6-14(16-9-13)17(2)7-8-18-10-12-3-4-12/h5-6,9,11-12H,3-4,7-8,10,15H2,1-2H3. The monoisotopic (exact) mass is 249 g/mol. The van der Waals surface area contributed by atoms with E-state index < -0.39 is 0 Å². The van der Waals surface area contributed by atoms with Crippen LogP contribution in [0.15, 0.2) is 18.3 Å². The first-order valence-electron chi connectivity index (χ1n) is 6.67. The number of pyridine rings is 1. The molecule has 4 nitrogen and oxygen atoms in total. The van der Waals surface area contributed by atoms with Crippen LogP contribution in [-0.2, 0) is 4.74 Å². The lowest BCUT2D eigenvalue weighted by atomic mass is 10.1. The molecule has 1 aliphatic carbocycles. The quantitative estimate of drug-likeness (QED) is 0.751. The van der Waals surface area contributed by atoms with Crippen LogP contribution in [-0.4, -0.2) is 31.8 Å². The zero-order valence-electron chi connectivity index (χ0n) is 11.3. The van der Waals surface area contributed by atoms with Gasteiger partial charge in [-0.05, 0) is 37.3 Å². The van der Waals surface area contributed by atoms with Crippen LogP contribution in [0.2, 0.25) is 0 Å². The van der Waals surface area contributed by atoms with E-state index in [0.717, 1.165) is 37.1 Å². The molecule has 4 heteroatoms. The second kappa shape index (κ2) is 6.16. The van der Waals surface area contributed by atoms with E-state index in [0.29, 0.717) is 0 Å². The number of rotatable bonds is 7. The van der Waals surface area contributed by atoms with E-state index in [2.05, 4.69) is 9.88 Å². The van der Waals surface area contributed by atoms with Gasteiger partial charge in [-0.2, -0.15) is 0 Å². The molecule has 18 heavy (non-hydrogen) atoms. The Morgan fingerprint density at radius 2 is 2.28 bits per heavy atom. The van der Waals surface area contributed by atoms with Crippen LogP contribution < -0.4 is 10.6 Å². The molecule has 2 rings (SSSR count). The average molecular weight is 249 g/mol. The first-order valence-corrected chi connectivity index (χ1v) is 6.67. The zero-order valence-corrected chi connectivity index (χ0v) is 11.3. The highest BCUT2D eigenvalue weighted by Crippen LogP contribution is 2.28. The largest absolute Gasteiger partial charge is 0.379 e. The van der Waals surface area contributed by atoms with Gasteiger partial charge in [0.1, 0.15) is 5.82 Å². The molecule has 2 N–H and O–H groups in total. The molecule has 1 unspecified atom stereocenters. The van der Waals surface area contributed by atoms with Crippen molar-refractivity contribution in [2.75, 3.05) is 31.7 Å². The minimum Gasteiger partial charge on any atom is -0.379 e. The van der Waals surface area contributed by atoms with Gasteiger partial charge >= 0.3 is 0 Å². The molecule has 0 aliphatic heterocycles. The summed E-state index contributed by atoms with van der Waals surface area (Å²) in [5.74, 6) is 1.80. The van der Waals surface area contributed by atoms with Crippen molar-refractivity contribution in [3.63, 3.8) is 0 Å². The third-order valence-electron chi connectivity index (χ3n) is 3.31. The molecular weight excluding hydrogens is 226 g/mol. The van der Waals surface area contributed by atoms with Crippen molar-refractivity contribution in [1.29, 1.82) is 0 Å². The first kappa shape index (κ1) is 13.3. The SMILES string of the molecule is CC(N)c1ccc(N(C)CCOCC2CC2)nc1. The van der Waals surface area contributed by atoms with Gasteiger partial charge in [-0.15, -0.1) is 0 Å². The Kier molecular flexibility index (Phi) is 4.55. The fourth-order valence-electron chi connectivity index (χ4n) is 1.74. The lowest BCUT2D eigenvalue weighted by molar-refractivity contribution is 0.131. The van der Waals surface area contributed by atoms with Crippen LogP contribution in [0.3, 0.4) is 0 Å². The van der Waals surface area contributed by atoms with Gasteiger partial charge in [-0.3, -0.25) is 0 Å². The Bertz CT molecular complexity index is 360. The summed E-state index contributed by atoms with van der Waals surface area (Å²) in [4.78, 5) is 6.53. The van der Waals surface area contributed by atoms with E-state index in [1.165, 1.54) is 12.8 Å². The summed E-state index contributed by atoms with van der Waals surface area (Å²) >= 11 is 0. The zero-order chi connectivity index (χ0) is 13.0. The fraction of sp³-hybridized carbons (Fsp3) is 0.643. The van der Waals surface area contributed by atoms with Crippen LogP contribution in [0.25, 0.3) is 0 Å². The van der Waals surface area contributed by atoms with Crippen LogP contribution in [0, 0.1) is 5.92 Å². The van der Waals surface area contributed by atoms with Gasteiger partial charge in [0.05, 0.1) is 6.61 Å². The third-order valence-corrected chi connectivity index (χ3v) is 3.31. The Hall–Kier alpha value is -1.13. The molecule has 1 aromatic rings. The minimum absolute atomic E-state index is 0.0405. The summed E-state index contributed by atoms with van der Waals surface area (Å²) in [6.07, 6.45) is 4.54. The lowest BCUT2D eigenvalue weighted by Gasteiger charge is -2.18. The number of ether oxygens (including phenoxy) is 1. The summed E-state index contributed by atoms with van der Waals surface area (Å²) in [7, 11) is 2.04. The van der Waals surface area contributed by atoms with Crippen molar-refractivity contribution in [3.05, 3.63) is 23.9 Å². The van der Waals surface area contributed by atoms with Crippen molar-refractivity contribution < 1.29 is 4.74 Å². The number of nitrogens with two attached hydrogens (primary N) is 1. The lowest BCUT2D eigenvalue weighted by Crippen LogP contribution is -2.24. The normalized spacial score (nSPS) is 16.6. The van der Waals surface area contributed by atoms with Gasteiger partial charge in [0, 0.05) is 32.4 Å². The maximum atomic E-state index is 5.80. The van der Waals surface area contributed by atoms with Crippen molar-refractivity contribution in [2.45, 2.75) is 25.8 Å². The fourth-order valence-corrected chi connectivity index (χ4v) is 1.74. The molecule has 1 fully saturated rings.